The van der Waals surface area contributed by atoms with Crippen LogP contribution in [-0.2, 0) is 9.47 Å². The van der Waals surface area contributed by atoms with Crippen LogP contribution in [0, 0.1) is 0 Å². The third-order valence-corrected chi connectivity index (χ3v) is 2.66. The predicted octanol–water partition coefficient (Wildman–Crippen LogP) is 1.05. The van der Waals surface area contributed by atoms with Crippen LogP contribution in [0.1, 0.15) is 33.6 Å². The number of hydrogen-bond acceptors (Lipinski definition) is 4. The number of carbonyl (C=O) groups excluding carboxylic acids is 1. The van der Waals surface area contributed by atoms with Gasteiger partial charge in [0.2, 0.25) is 0 Å². The molecule has 0 aliphatic heterocycles. The number of nitrogens with one attached hydrogen (secondary N) is 1. The third-order valence-electron chi connectivity index (χ3n) is 2.66. The molecule has 2 N–H and O–H groups in total. The van der Waals surface area contributed by atoms with Gasteiger partial charge in [-0.25, -0.2) is 4.79 Å². The summed E-state index contributed by atoms with van der Waals surface area (Å²) in [5.74, 6) is 0. The van der Waals surface area contributed by atoms with Crippen LogP contribution in [-0.4, -0.2) is 42.2 Å². The summed E-state index contributed by atoms with van der Waals surface area (Å²) in [5.41, 5.74) is -0.931. The lowest BCUT2D eigenvalue weighted by molar-refractivity contribution is 0.00975. The van der Waals surface area contributed by atoms with Crippen LogP contribution in [0.5, 0.6) is 0 Å². The van der Waals surface area contributed by atoms with E-state index >= 15 is 0 Å². The molecule has 1 saturated carbocycles. The minimum Gasteiger partial charge on any atom is -0.444 e. The molecule has 0 aromatic carbocycles. The molecule has 1 atom stereocenters. The second-order valence-corrected chi connectivity index (χ2v) is 5.15. The average molecular weight is 231 g/mol. The van der Waals surface area contributed by atoms with E-state index in [1.807, 2.05) is 0 Å². The highest BCUT2D eigenvalue weighted by Gasteiger charge is 2.50. The van der Waals surface area contributed by atoms with Gasteiger partial charge in [0.05, 0.1) is 18.2 Å². The number of methoxy groups -OCH3 is 1. The van der Waals surface area contributed by atoms with Gasteiger partial charge < -0.3 is 19.9 Å². The summed E-state index contributed by atoms with van der Waals surface area (Å²) in [6, 6.07) is -0.396. The minimum atomic E-state index is -0.534. The first-order chi connectivity index (χ1) is 7.33. The largest absolute Gasteiger partial charge is 0.444 e. The Morgan fingerprint density at radius 1 is 1.50 bits per heavy atom. The van der Waals surface area contributed by atoms with E-state index in [1.54, 1.807) is 27.9 Å². The van der Waals surface area contributed by atoms with E-state index in [9.17, 15) is 9.90 Å². The van der Waals surface area contributed by atoms with Crippen molar-refractivity contribution in [2.45, 2.75) is 50.9 Å². The van der Waals surface area contributed by atoms with Crippen molar-refractivity contribution in [2.75, 3.05) is 13.7 Å². The molecule has 5 heteroatoms. The fourth-order valence-corrected chi connectivity index (χ4v) is 1.61. The molecule has 5 nitrogen and oxygen atoms in total. The molecule has 1 amide bonds. The van der Waals surface area contributed by atoms with Gasteiger partial charge in [0.15, 0.2) is 0 Å². The summed E-state index contributed by atoms with van der Waals surface area (Å²) >= 11 is 0. The van der Waals surface area contributed by atoms with Crippen molar-refractivity contribution < 1.29 is 19.4 Å². The Bertz CT molecular complexity index is 255. The van der Waals surface area contributed by atoms with E-state index in [1.165, 1.54) is 0 Å². The van der Waals surface area contributed by atoms with Crippen molar-refractivity contribution in [3.8, 4) is 0 Å². The Kier molecular flexibility index (Phi) is 3.80. The van der Waals surface area contributed by atoms with Crippen LogP contribution < -0.4 is 5.32 Å². The highest BCUT2D eigenvalue weighted by molar-refractivity contribution is 5.68. The summed E-state index contributed by atoms with van der Waals surface area (Å²) in [6.45, 7) is 5.24. The molecule has 0 radical (unpaired) electrons. The maximum Gasteiger partial charge on any atom is 0.408 e. The van der Waals surface area contributed by atoms with Gasteiger partial charge in [-0.05, 0) is 33.6 Å². The summed E-state index contributed by atoms with van der Waals surface area (Å²) in [6.07, 6.45) is 1.18. The number of aliphatic hydroxyl groups excluding tert-OH is 1. The first-order valence-electron chi connectivity index (χ1n) is 5.48. The smallest absolute Gasteiger partial charge is 0.408 e. The lowest BCUT2D eigenvalue weighted by atomic mass is 10.1. The van der Waals surface area contributed by atoms with Gasteiger partial charge in [-0.3, -0.25) is 0 Å². The van der Waals surface area contributed by atoms with Gasteiger partial charge in [-0.1, -0.05) is 0 Å². The highest BCUT2D eigenvalue weighted by atomic mass is 16.6. The lowest BCUT2D eigenvalue weighted by Crippen LogP contribution is -2.49. The average Bonchev–Trinajstić information content (AvgIpc) is 2.92. The van der Waals surface area contributed by atoms with Crippen molar-refractivity contribution in [1.82, 2.24) is 5.32 Å². The number of rotatable bonds is 4. The zero-order valence-electron chi connectivity index (χ0n) is 10.4. The van der Waals surface area contributed by atoms with E-state index in [0.717, 1.165) is 12.8 Å². The third kappa shape index (κ3) is 3.35. The fraction of sp³-hybridized carbons (Fsp3) is 0.909. The summed E-state index contributed by atoms with van der Waals surface area (Å²) in [7, 11) is 1.59. The molecule has 0 spiro atoms. The molecule has 0 unspecified atom stereocenters. The summed E-state index contributed by atoms with van der Waals surface area (Å²) in [4.78, 5) is 11.5. The Hall–Kier alpha value is -0.810. The molecule has 1 aliphatic carbocycles. The Labute approximate surface area is 96.1 Å². The molecule has 0 heterocycles. The monoisotopic (exact) mass is 231 g/mol. The van der Waals surface area contributed by atoms with E-state index in [2.05, 4.69) is 5.32 Å². The standard InChI is InChI=1S/C11H21NO4/c1-10(2,3)16-9(14)12-8(7-13)11(15-4)5-6-11/h8,13H,5-7H2,1-4H3,(H,12,14)/t8-/m1/s1. The maximum absolute atomic E-state index is 11.5. The molecule has 1 aliphatic rings. The zero-order chi connectivity index (χ0) is 12.4. The zero-order valence-corrected chi connectivity index (χ0v) is 10.4. The van der Waals surface area contributed by atoms with Crippen molar-refractivity contribution in [2.24, 2.45) is 0 Å². The summed E-state index contributed by atoms with van der Waals surface area (Å²) < 4.78 is 10.4. The van der Waals surface area contributed by atoms with Crippen molar-refractivity contribution >= 4 is 6.09 Å². The Morgan fingerprint density at radius 3 is 2.38 bits per heavy atom. The molecule has 0 bridgehead atoms. The normalized spacial score (nSPS) is 20.1. The van der Waals surface area contributed by atoms with E-state index in [-0.39, 0.29) is 6.61 Å². The van der Waals surface area contributed by atoms with Crippen molar-refractivity contribution in [3.05, 3.63) is 0 Å². The number of alkyl carbamates (subject to hydrolysis) is 1. The fourth-order valence-electron chi connectivity index (χ4n) is 1.61. The number of carbonyl (C=O) groups is 1. The molecule has 0 aromatic rings. The molecule has 0 aromatic heterocycles. The van der Waals surface area contributed by atoms with Crippen LogP contribution in [0.15, 0.2) is 0 Å². The molecule has 1 rings (SSSR count). The number of aliphatic hydroxyl groups is 1. The van der Waals surface area contributed by atoms with E-state index in [0.29, 0.717) is 0 Å². The molecular weight excluding hydrogens is 210 g/mol. The topological polar surface area (TPSA) is 67.8 Å². The lowest BCUT2D eigenvalue weighted by Gasteiger charge is -2.27. The minimum absolute atomic E-state index is 0.146. The van der Waals surface area contributed by atoms with Crippen LogP contribution in [0.4, 0.5) is 4.79 Å². The quantitative estimate of drug-likeness (QED) is 0.759. The molecular formula is C11H21NO4. The van der Waals surface area contributed by atoms with Gasteiger partial charge in [0, 0.05) is 7.11 Å². The number of hydrogen-bond donors (Lipinski definition) is 2. The van der Waals surface area contributed by atoms with Crippen LogP contribution in [0.2, 0.25) is 0 Å². The van der Waals surface area contributed by atoms with Gasteiger partial charge in [-0.15, -0.1) is 0 Å². The summed E-state index contributed by atoms with van der Waals surface area (Å²) in [5, 5.41) is 11.9. The van der Waals surface area contributed by atoms with E-state index in [4.69, 9.17) is 9.47 Å². The predicted molar refractivity (Wildman–Crippen MR) is 59.2 cm³/mol. The maximum atomic E-state index is 11.5. The molecule has 1 fully saturated rings. The second kappa shape index (κ2) is 4.59. The molecule has 0 saturated heterocycles. The van der Waals surface area contributed by atoms with Gasteiger partial charge in [0.25, 0.3) is 0 Å². The van der Waals surface area contributed by atoms with Gasteiger partial charge in [0.1, 0.15) is 5.60 Å². The van der Waals surface area contributed by atoms with Crippen LogP contribution in [0.3, 0.4) is 0 Å². The van der Waals surface area contributed by atoms with Gasteiger partial charge >= 0.3 is 6.09 Å². The SMILES string of the molecule is COC1([C@@H](CO)NC(=O)OC(C)(C)C)CC1. The van der Waals surface area contributed by atoms with E-state index < -0.39 is 23.3 Å². The first-order valence-corrected chi connectivity index (χ1v) is 5.48. The van der Waals surface area contributed by atoms with Crippen LogP contribution >= 0.6 is 0 Å². The van der Waals surface area contributed by atoms with Crippen molar-refractivity contribution in [3.63, 3.8) is 0 Å². The molecule has 16 heavy (non-hydrogen) atoms. The Balaban J connectivity index is 2.48. The Morgan fingerprint density at radius 2 is 2.06 bits per heavy atom. The van der Waals surface area contributed by atoms with Crippen molar-refractivity contribution in [1.29, 1.82) is 0 Å². The molecule has 94 valence electrons. The number of amides is 1. The first kappa shape index (κ1) is 13.3. The van der Waals surface area contributed by atoms with Crippen LogP contribution in [0.25, 0.3) is 0 Å². The van der Waals surface area contributed by atoms with Gasteiger partial charge in [-0.2, -0.15) is 0 Å². The second-order valence-electron chi connectivity index (χ2n) is 5.15. The highest BCUT2D eigenvalue weighted by Crippen LogP contribution is 2.42. The number of ether oxygens (including phenoxy) is 2.